The first-order chi connectivity index (χ1) is 10.2. The lowest BCUT2D eigenvalue weighted by Crippen LogP contribution is -2.29. The Bertz CT molecular complexity index is 594. The summed E-state index contributed by atoms with van der Waals surface area (Å²) in [7, 11) is 0. The lowest BCUT2D eigenvalue weighted by Gasteiger charge is -2.31. The summed E-state index contributed by atoms with van der Waals surface area (Å²) < 4.78 is 0. The maximum atomic E-state index is 6.04. The van der Waals surface area contributed by atoms with Gasteiger partial charge in [0.15, 0.2) is 0 Å². The zero-order valence-corrected chi connectivity index (χ0v) is 14.7. The predicted molar refractivity (Wildman–Crippen MR) is 91.1 cm³/mol. The molecule has 2 aromatic carbocycles. The van der Waals surface area contributed by atoms with Crippen molar-refractivity contribution in [2.24, 2.45) is 0 Å². The molecule has 2 aromatic rings. The van der Waals surface area contributed by atoms with Crippen LogP contribution >= 0.6 is 23.2 Å². The number of halogens is 2. The molecule has 2 nitrogen and oxygen atoms in total. The van der Waals surface area contributed by atoms with Crippen LogP contribution in [0.3, 0.4) is 0 Å². The van der Waals surface area contributed by atoms with Gasteiger partial charge in [-0.1, -0.05) is 47.5 Å². The fourth-order valence-corrected chi connectivity index (χ4v) is 2.41. The Kier molecular flexibility index (Phi) is 5.18. The highest BCUT2D eigenvalue weighted by atomic mass is 35.5. The van der Waals surface area contributed by atoms with Crippen molar-refractivity contribution in [1.29, 1.82) is 0 Å². The Hall–Kier alpha value is -1.06. The van der Waals surface area contributed by atoms with E-state index in [0.29, 0.717) is 10.0 Å². The zero-order chi connectivity index (χ0) is 16.4. The molecule has 0 fully saturated rings. The van der Waals surface area contributed by atoms with Crippen molar-refractivity contribution in [3.63, 3.8) is 0 Å². The van der Waals surface area contributed by atoms with E-state index in [9.17, 15) is 0 Å². The Morgan fingerprint density at radius 3 is 1.36 bits per heavy atom. The molecule has 0 amide bonds. The molecule has 0 aliphatic rings. The van der Waals surface area contributed by atoms with Gasteiger partial charge in [-0.05, 0) is 63.1 Å². The molecule has 0 N–H and O–H groups in total. The second kappa shape index (κ2) is 6.59. The van der Waals surface area contributed by atoms with Gasteiger partial charge in [-0.25, -0.2) is 9.78 Å². The van der Waals surface area contributed by atoms with E-state index >= 15 is 0 Å². The molecule has 0 spiro atoms. The molecular formula is C18H20Cl2O2. The summed E-state index contributed by atoms with van der Waals surface area (Å²) >= 11 is 12.1. The van der Waals surface area contributed by atoms with Crippen LogP contribution in [0.5, 0.6) is 0 Å². The molecule has 118 valence electrons. The van der Waals surface area contributed by atoms with Crippen molar-refractivity contribution >= 4 is 23.2 Å². The van der Waals surface area contributed by atoms with Crippen LogP contribution < -0.4 is 0 Å². The van der Waals surface area contributed by atoms with E-state index in [-0.39, 0.29) is 0 Å². The molecule has 0 atom stereocenters. The fraction of sp³-hybridized carbons (Fsp3) is 0.333. The largest absolute Gasteiger partial charge is 0.225 e. The van der Waals surface area contributed by atoms with E-state index < -0.39 is 11.2 Å². The van der Waals surface area contributed by atoms with Crippen LogP contribution in [-0.4, -0.2) is 0 Å². The summed E-state index contributed by atoms with van der Waals surface area (Å²) in [4.78, 5) is 11.5. The van der Waals surface area contributed by atoms with Crippen molar-refractivity contribution in [3.8, 4) is 0 Å². The second-order valence-electron chi connectivity index (χ2n) is 6.21. The van der Waals surface area contributed by atoms with Gasteiger partial charge >= 0.3 is 0 Å². The summed E-state index contributed by atoms with van der Waals surface area (Å²) in [6, 6.07) is 15.1. The third-order valence-corrected chi connectivity index (χ3v) is 3.97. The van der Waals surface area contributed by atoms with E-state index in [1.54, 1.807) is 0 Å². The first-order valence-corrected chi connectivity index (χ1v) is 7.85. The highest BCUT2D eigenvalue weighted by Crippen LogP contribution is 2.33. The number of hydrogen-bond acceptors (Lipinski definition) is 2. The highest BCUT2D eigenvalue weighted by Gasteiger charge is 2.29. The highest BCUT2D eigenvalue weighted by molar-refractivity contribution is 6.30. The van der Waals surface area contributed by atoms with E-state index in [1.165, 1.54) is 0 Å². The van der Waals surface area contributed by atoms with Crippen LogP contribution in [0, 0.1) is 0 Å². The maximum Gasteiger partial charge on any atom is 0.123 e. The predicted octanol–water partition coefficient (Wildman–Crippen LogP) is 6.11. The van der Waals surface area contributed by atoms with Gasteiger partial charge in [0.2, 0.25) is 0 Å². The topological polar surface area (TPSA) is 18.5 Å². The van der Waals surface area contributed by atoms with E-state index in [2.05, 4.69) is 0 Å². The number of rotatable bonds is 5. The van der Waals surface area contributed by atoms with Gasteiger partial charge in [0, 0.05) is 10.0 Å². The van der Waals surface area contributed by atoms with Gasteiger partial charge in [0.05, 0.1) is 0 Å². The van der Waals surface area contributed by atoms with Crippen molar-refractivity contribution in [2.75, 3.05) is 0 Å². The SMILES string of the molecule is CC(C)(OOC(C)(C)c1cccc(Cl)c1)c1cccc(Cl)c1. The van der Waals surface area contributed by atoms with Crippen LogP contribution in [0.15, 0.2) is 48.5 Å². The van der Waals surface area contributed by atoms with Crippen molar-refractivity contribution in [1.82, 2.24) is 0 Å². The molecule has 0 bridgehead atoms. The van der Waals surface area contributed by atoms with Crippen LogP contribution in [-0.2, 0) is 21.0 Å². The number of benzene rings is 2. The molecular weight excluding hydrogens is 319 g/mol. The van der Waals surface area contributed by atoms with Gasteiger partial charge in [0.1, 0.15) is 11.2 Å². The molecule has 0 unspecified atom stereocenters. The smallest absolute Gasteiger partial charge is 0.123 e. The van der Waals surface area contributed by atoms with E-state index in [4.69, 9.17) is 33.0 Å². The first kappa shape index (κ1) is 17.3. The normalized spacial score (nSPS) is 12.5. The van der Waals surface area contributed by atoms with Gasteiger partial charge in [-0.15, -0.1) is 0 Å². The van der Waals surface area contributed by atoms with E-state index in [0.717, 1.165) is 11.1 Å². The van der Waals surface area contributed by atoms with Crippen LogP contribution in [0.4, 0.5) is 0 Å². The standard InChI is InChI=1S/C18H20Cl2O2/c1-17(2,13-7-5-9-15(19)11-13)21-22-18(3,4)14-8-6-10-16(20)12-14/h5-12H,1-4H3. The van der Waals surface area contributed by atoms with Crippen LogP contribution in [0.25, 0.3) is 0 Å². The van der Waals surface area contributed by atoms with Crippen molar-refractivity contribution in [2.45, 2.75) is 38.9 Å². The summed E-state index contributed by atoms with van der Waals surface area (Å²) in [6.45, 7) is 7.75. The molecule has 4 heteroatoms. The minimum atomic E-state index is -0.624. The third kappa shape index (κ3) is 4.23. The second-order valence-corrected chi connectivity index (χ2v) is 7.08. The van der Waals surface area contributed by atoms with Crippen molar-refractivity contribution in [3.05, 3.63) is 69.7 Å². The summed E-state index contributed by atoms with van der Waals surface area (Å²) in [6.07, 6.45) is 0. The summed E-state index contributed by atoms with van der Waals surface area (Å²) in [5, 5.41) is 1.34. The van der Waals surface area contributed by atoms with Gasteiger partial charge in [0.25, 0.3) is 0 Å². The zero-order valence-electron chi connectivity index (χ0n) is 13.2. The Morgan fingerprint density at radius 2 is 1.05 bits per heavy atom. The quantitative estimate of drug-likeness (QED) is 0.483. The van der Waals surface area contributed by atoms with Gasteiger partial charge in [-0.2, -0.15) is 0 Å². The Morgan fingerprint density at radius 1 is 0.682 bits per heavy atom. The minimum absolute atomic E-state index is 0.624. The number of hydrogen-bond donors (Lipinski definition) is 0. The molecule has 0 saturated heterocycles. The molecule has 0 aliphatic heterocycles. The molecule has 0 radical (unpaired) electrons. The molecule has 0 aromatic heterocycles. The van der Waals surface area contributed by atoms with Crippen molar-refractivity contribution < 1.29 is 9.78 Å². The monoisotopic (exact) mass is 338 g/mol. The average Bonchev–Trinajstić information content (AvgIpc) is 2.45. The molecule has 0 heterocycles. The average molecular weight is 339 g/mol. The maximum absolute atomic E-state index is 6.04. The molecule has 0 aliphatic carbocycles. The Labute approximate surface area is 141 Å². The van der Waals surface area contributed by atoms with Crippen LogP contribution in [0.2, 0.25) is 10.0 Å². The lowest BCUT2D eigenvalue weighted by atomic mass is 9.98. The van der Waals surface area contributed by atoms with Crippen LogP contribution in [0.1, 0.15) is 38.8 Å². The Balaban J connectivity index is 2.13. The molecule has 22 heavy (non-hydrogen) atoms. The van der Waals surface area contributed by atoms with Gasteiger partial charge in [-0.3, -0.25) is 0 Å². The first-order valence-electron chi connectivity index (χ1n) is 7.10. The molecule has 2 rings (SSSR count). The molecule has 0 saturated carbocycles. The van der Waals surface area contributed by atoms with E-state index in [1.807, 2.05) is 76.2 Å². The lowest BCUT2D eigenvalue weighted by molar-refractivity contribution is -0.410. The summed E-state index contributed by atoms with van der Waals surface area (Å²) in [5.74, 6) is 0. The minimum Gasteiger partial charge on any atom is -0.225 e. The third-order valence-electron chi connectivity index (χ3n) is 3.50. The summed E-state index contributed by atoms with van der Waals surface area (Å²) in [5.41, 5.74) is 0.644. The van der Waals surface area contributed by atoms with Gasteiger partial charge < -0.3 is 0 Å². The fourth-order valence-electron chi connectivity index (χ4n) is 2.03.